The summed E-state index contributed by atoms with van der Waals surface area (Å²) in [5.41, 5.74) is 9.88. The number of nitrogens with two attached hydrogens (primary N) is 1. The summed E-state index contributed by atoms with van der Waals surface area (Å²) in [5.74, 6) is 0.300. The number of carbonyl (C=O) groups is 2. The van der Waals surface area contributed by atoms with E-state index in [0.717, 1.165) is 11.1 Å². The summed E-state index contributed by atoms with van der Waals surface area (Å²) in [6.45, 7) is 3.07. The summed E-state index contributed by atoms with van der Waals surface area (Å²) in [6, 6.07) is 25.8. The number of nitrogens with zero attached hydrogens (tertiary/aromatic N) is 1. The molecule has 1 fully saturated rings. The fourth-order valence-corrected chi connectivity index (χ4v) is 4.62. The van der Waals surface area contributed by atoms with Crippen LogP contribution >= 0.6 is 0 Å². The number of hydrogen-bond acceptors (Lipinski definition) is 3. The van der Waals surface area contributed by atoms with E-state index in [2.05, 4.69) is 31.2 Å². The molecule has 5 nitrogen and oxygen atoms in total. The summed E-state index contributed by atoms with van der Waals surface area (Å²) < 4.78 is 5.61. The number of rotatable bonds is 7. The number of para-hydroxylation sites is 1. The lowest BCUT2D eigenvalue weighted by Gasteiger charge is -2.40. The van der Waals surface area contributed by atoms with Crippen molar-refractivity contribution in [2.75, 3.05) is 19.7 Å². The molecule has 1 saturated heterocycles. The Balaban J connectivity index is 1.47. The third-order valence-corrected chi connectivity index (χ3v) is 6.68. The Hall–Kier alpha value is -3.60. The van der Waals surface area contributed by atoms with Crippen LogP contribution in [0.3, 0.4) is 0 Å². The highest BCUT2D eigenvalue weighted by molar-refractivity contribution is 5.83. The smallest absolute Gasteiger partial charge is 0.260 e. The SMILES string of the molecule is Cc1ccccc1-c1ccccc1CC1(C(N)=O)CCN(C(=O)COc2ccccc2)CC1. The second-order valence-electron chi connectivity index (χ2n) is 8.78. The molecule has 0 atom stereocenters. The summed E-state index contributed by atoms with van der Waals surface area (Å²) in [4.78, 5) is 27.1. The molecule has 4 rings (SSSR count). The maximum absolute atomic E-state index is 12.7. The van der Waals surface area contributed by atoms with Gasteiger partial charge in [-0.15, -0.1) is 0 Å². The first-order valence-electron chi connectivity index (χ1n) is 11.4. The summed E-state index contributed by atoms with van der Waals surface area (Å²) in [6.07, 6.45) is 1.65. The maximum Gasteiger partial charge on any atom is 0.260 e. The third kappa shape index (κ3) is 5.08. The second kappa shape index (κ2) is 9.90. The number of piperidine rings is 1. The van der Waals surface area contributed by atoms with Crippen molar-refractivity contribution in [2.45, 2.75) is 26.2 Å². The number of carbonyl (C=O) groups excluding carboxylic acids is 2. The van der Waals surface area contributed by atoms with E-state index in [-0.39, 0.29) is 18.4 Å². The Morgan fingerprint density at radius 2 is 1.48 bits per heavy atom. The number of likely N-dealkylation sites (tertiary alicyclic amines) is 1. The molecule has 170 valence electrons. The van der Waals surface area contributed by atoms with Gasteiger partial charge in [0.15, 0.2) is 6.61 Å². The van der Waals surface area contributed by atoms with Crippen LogP contribution in [0.15, 0.2) is 78.9 Å². The molecule has 0 saturated carbocycles. The standard InChI is InChI=1S/C28H30N2O3/c1-21-9-5-7-13-24(21)25-14-8-6-10-22(25)19-28(27(29)32)15-17-30(18-16-28)26(31)20-33-23-11-3-2-4-12-23/h2-14H,15-20H2,1H3,(H2,29,32). The number of primary amides is 1. The molecule has 3 aromatic carbocycles. The number of amides is 2. The Kier molecular flexibility index (Phi) is 6.78. The van der Waals surface area contributed by atoms with Gasteiger partial charge in [-0.3, -0.25) is 9.59 Å². The highest BCUT2D eigenvalue weighted by Crippen LogP contribution is 2.38. The first kappa shape index (κ1) is 22.6. The Bertz CT molecular complexity index is 1120. The van der Waals surface area contributed by atoms with Crippen molar-refractivity contribution in [2.24, 2.45) is 11.1 Å². The van der Waals surface area contributed by atoms with Crippen LogP contribution in [-0.2, 0) is 16.0 Å². The maximum atomic E-state index is 12.7. The zero-order chi connectivity index (χ0) is 23.3. The fraction of sp³-hybridized carbons (Fsp3) is 0.286. The quantitative estimate of drug-likeness (QED) is 0.590. The average Bonchev–Trinajstić information content (AvgIpc) is 2.84. The van der Waals surface area contributed by atoms with Crippen LogP contribution in [0.1, 0.15) is 24.0 Å². The Morgan fingerprint density at radius 3 is 2.15 bits per heavy atom. The molecule has 0 spiro atoms. The first-order chi connectivity index (χ1) is 16.0. The van der Waals surface area contributed by atoms with E-state index in [4.69, 9.17) is 10.5 Å². The molecule has 2 amide bonds. The topological polar surface area (TPSA) is 72.6 Å². The normalized spacial score (nSPS) is 15.1. The minimum Gasteiger partial charge on any atom is -0.484 e. The predicted molar refractivity (Wildman–Crippen MR) is 130 cm³/mol. The summed E-state index contributed by atoms with van der Waals surface area (Å²) in [7, 11) is 0. The largest absolute Gasteiger partial charge is 0.484 e. The van der Waals surface area contributed by atoms with Gasteiger partial charge in [-0.05, 0) is 60.6 Å². The van der Waals surface area contributed by atoms with Crippen molar-refractivity contribution < 1.29 is 14.3 Å². The molecular weight excluding hydrogens is 412 g/mol. The highest BCUT2D eigenvalue weighted by atomic mass is 16.5. The van der Waals surface area contributed by atoms with Crippen LogP contribution in [0.4, 0.5) is 0 Å². The van der Waals surface area contributed by atoms with Crippen LogP contribution in [0.5, 0.6) is 5.75 Å². The number of aryl methyl sites for hydroxylation is 1. The zero-order valence-electron chi connectivity index (χ0n) is 19.0. The zero-order valence-corrected chi connectivity index (χ0v) is 19.0. The van der Waals surface area contributed by atoms with Gasteiger partial charge < -0.3 is 15.4 Å². The average molecular weight is 443 g/mol. The molecule has 0 radical (unpaired) electrons. The number of ether oxygens (including phenoxy) is 1. The van der Waals surface area contributed by atoms with Crippen molar-refractivity contribution in [3.63, 3.8) is 0 Å². The molecule has 33 heavy (non-hydrogen) atoms. The van der Waals surface area contributed by atoms with Crippen molar-refractivity contribution in [1.82, 2.24) is 4.90 Å². The lowest BCUT2D eigenvalue weighted by atomic mass is 9.72. The van der Waals surface area contributed by atoms with Crippen LogP contribution in [0.2, 0.25) is 0 Å². The number of hydrogen-bond donors (Lipinski definition) is 1. The van der Waals surface area contributed by atoms with Crippen LogP contribution < -0.4 is 10.5 Å². The van der Waals surface area contributed by atoms with Gasteiger partial charge in [-0.2, -0.15) is 0 Å². The highest BCUT2D eigenvalue weighted by Gasteiger charge is 2.41. The molecule has 0 aromatic heterocycles. The van der Waals surface area contributed by atoms with Gasteiger partial charge in [0, 0.05) is 13.1 Å². The van der Waals surface area contributed by atoms with Gasteiger partial charge in [-0.1, -0.05) is 66.7 Å². The molecule has 3 aromatic rings. The first-order valence-corrected chi connectivity index (χ1v) is 11.4. The van der Waals surface area contributed by atoms with Crippen molar-refractivity contribution in [3.8, 4) is 16.9 Å². The lowest BCUT2D eigenvalue weighted by molar-refractivity contribution is -0.140. The predicted octanol–water partition coefficient (Wildman–Crippen LogP) is 4.38. The lowest BCUT2D eigenvalue weighted by Crippen LogP contribution is -2.50. The van der Waals surface area contributed by atoms with E-state index in [0.29, 0.717) is 38.1 Å². The van der Waals surface area contributed by atoms with Gasteiger partial charge >= 0.3 is 0 Å². The number of benzene rings is 3. The van der Waals surface area contributed by atoms with E-state index in [1.807, 2.05) is 54.6 Å². The van der Waals surface area contributed by atoms with E-state index >= 15 is 0 Å². The monoisotopic (exact) mass is 442 g/mol. The van der Waals surface area contributed by atoms with E-state index < -0.39 is 5.41 Å². The molecular formula is C28H30N2O3. The fourth-order valence-electron chi connectivity index (χ4n) is 4.62. The van der Waals surface area contributed by atoms with Gasteiger partial charge in [-0.25, -0.2) is 0 Å². The van der Waals surface area contributed by atoms with Gasteiger partial charge in [0.1, 0.15) is 5.75 Å². The Morgan fingerprint density at radius 1 is 0.879 bits per heavy atom. The van der Waals surface area contributed by atoms with Crippen molar-refractivity contribution in [1.29, 1.82) is 0 Å². The minimum absolute atomic E-state index is 0.0102. The molecule has 2 N–H and O–H groups in total. The molecule has 0 aliphatic carbocycles. The van der Waals surface area contributed by atoms with Crippen molar-refractivity contribution in [3.05, 3.63) is 90.0 Å². The minimum atomic E-state index is -0.671. The molecule has 5 heteroatoms. The van der Waals surface area contributed by atoms with Crippen LogP contribution in [0, 0.1) is 12.3 Å². The van der Waals surface area contributed by atoms with E-state index in [1.165, 1.54) is 11.1 Å². The molecule has 0 bridgehead atoms. The summed E-state index contributed by atoms with van der Waals surface area (Å²) >= 11 is 0. The van der Waals surface area contributed by atoms with Crippen LogP contribution in [-0.4, -0.2) is 36.4 Å². The van der Waals surface area contributed by atoms with Gasteiger partial charge in [0.25, 0.3) is 5.91 Å². The van der Waals surface area contributed by atoms with E-state index in [9.17, 15) is 9.59 Å². The molecule has 1 aliphatic rings. The van der Waals surface area contributed by atoms with E-state index in [1.54, 1.807) is 4.90 Å². The third-order valence-electron chi connectivity index (χ3n) is 6.68. The summed E-state index contributed by atoms with van der Waals surface area (Å²) in [5, 5.41) is 0. The van der Waals surface area contributed by atoms with Gasteiger partial charge in [0.2, 0.25) is 5.91 Å². The van der Waals surface area contributed by atoms with Crippen LogP contribution in [0.25, 0.3) is 11.1 Å². The molecule has 1 heterocycles. The molecule has 0 unspecified atom stereocenters. The Labute approximate surface area is 195 Å². The van der Waals surface area contributed by atoms with Gasteiger partial charge in [0.05, 0.1) is 5.41 Å². The molecule has 1 aliphatic heterocycles. The van der Waals surface area contributed by atoms with Crippen molar-refractivity contribution >= 4 is 11.8 Å². The second-order valence-corrected chi connectivity index (χ2v) is 8.78.